The number of H-pyrrole nitrogens is 1. The Kier molecular flexibility index (Phi) is 7.26. The number of rotatable bonds is 7. The Morgan fingerprint density at radius 3 is 2.63 bits per heavy atom. The van der Waals surface area contributed by atoms with Crippen LogP contribution in [-0.4, -0.2) is 65.2 Å². The quantitative estimate of drug-likeness (QED) is 0.708. The summed E-state index contributed by atoms with van der Waals surface area (Å²) >= 11 is 0. The number of benzene rings is 1. The maximum absolute atomic E-state index is 12.7. The number of hydrogen-bond acceptors (Lipinski definition) is 5. The molecule has 1 aromatic heterocycles. The predicted molar refractivity (Wildman–Crippen MR) is 115 cm³/mol. The normalized spacial score (nSPS) is 17.3. The number of likely N-dealkylation sites (tertiary alicyclic amines) is 1. The van der Waals surface area contributed by atoms with Crippen LogP contribution in [0.4, 0.5) is 0 Å². The molecule has 1 aliphatic rings. The number of hydrogen-bond donors (Lipinski definition) is 1. The van der Waals surface area contributed by atoms with Crippen LogP contribution in [-0.2, 0) is 22.5 Å². The van der Waals surface area contributed by atoms with Crippen molar-refractivity contribution in [2.75, 3.05) is 27.2 Å². The third kappa shape index (κ3) is 5.27. The molecule has 0 bridgehead atoms. The van der Waals surface area contributed by atoms with Crippen molar-refractivity contribution in [3.8, 4) is 0 Å². The molecule has 1 fully saturated rings. The van der Waals surface area contributed by atoms with E-state index in [0.717, 1.165) is 49.3 Å². The molecule has 2 heterocycles. The number of nitrogens with one attached hydrogen (secondary N) is 1. The number of aromatic nitrogens is 2. The summed E-state index contributed by atoms with van der Waals surface area (Å²) in [6.45, 7) is 6.38. The molecule has 30 heavy (non-hydrogen) atoms. The average Bonchev–Trinajstić information content (AvgIpc) is 2.95. The minimum Gasteiger partial charge on any atom is -0.465 e. The highest BCUT2D eigenvalue weighted by molar-refractivity contribution is 5.89. The molecule has 3 rings (SSSR count). The van der Waals surface area contributed by atoms with Crippen molar-refractivity contribution >= 4 is 11.9 Å². The number of methoxy groups -OCH3 is 1. The standard InChI is InChI=1S/C23H32N4O3/c1-16-21(17(2)25-24-16)12-13-26(3)20-9-10-22(28)27(14-11-20)15-18-5-7-19(8-6-18)23(29)30-4/h5-8,20H,9-15H2,1-4H3,(H,24,25). The molecule has 0 radical (unpaired) electrons. The van der Waals surface area contributed by atoms with Crippen LogP contribution in [0.1, 0.15) is 52.1 Å². The first kappa shape index (κ1) is 22.0. The van der Waals surface area contributed by atoms with Gasteiger partial charge in [-0.2, -0.15) is 5.10 Å². The molecule has 1 saturated heterocycles. The van der Waals surface area contributed by atoms with E-state index < -0.39 is 0 Å². The third-order valence-electron chi connectivity index (χ3n) is 6.14. The summed E-state index contributed by atoms with van der Waals surface area (Å²) in [5.74, 6) is -0.149. The third-order valence-corrected chi connectivity index (χ3v) is 6.14. The van der Waals surface area contributed by atoms with Gasteiger partial charge in [-0.15, -0.1) is 0 Å². The molecule has 0 spiro atoms. The Bertz CT molecular complexity index is 856. The van der Waals surface area contributed by atoms with E-state index in [2.05, 4.69) is 29.1 Å². The van der Waals surface area contributed by atoms with Gasteiger partial charge >= 0.3 is 5.97 Å². The zero-order valence-corrected chi connectivity index (χ0v) is 18.4. The lowest BCUT2D eigenvalue weighted by Gasteiger charge is -2.27. The van der Waals surface area contributed by atoms with E-state index >= 15 is 0 Å². The Balaban J connectivity index is 1.54. The lowest BCUT2D eigenvalue weighted by Crippen LogP contribution is -2.34. The van der Waals surface area contributed by atoms with E-state index in [1.807, 2.05) is 24.0 Å². The summed E-state index contributed by atoms with van der Waals surface area (Å²) in [6, 6.07) is 7.68. The van der Waals surface area contributed by atoms with Gasteiger partial charge in [0.15, 0.2) is 0 Å². The zero-order chi connectivity index (χ0) is 21.7. The summed E-state index contributed by atoms with van der Waals surface area (Å²) in [6.07, 6.45) is 3.38. The molecule has 7 nitrogen and oxygen atoms in total. The van der Waals surface area contributed by atoms with E-state index in [4.69, 9.17) is 4.74 Å². The van der Waals surface area contributed by atoms with Gasteiger partial charge in [0.05, 0.1) is 18.4 Å². The molecule has 2 aromatic rings. The largest absolute Gasteiger partial charge is 0.465 e. The maximum Gasteiger partial charge on any atom is 0.337 e. The Labute approximate surface area is 178 Å². The van der Waals surface area contributed by atoms with Crippen molar-refractivity contribution in [3.63, 3.8) is 0 Å². The van der Waals surface area contributed by atoms with Crippen molar-refractivity contribution in [1.29, 1.82) is 0 Å². The number of amides is 1. The second-order valence-electron chi connectivity index (χ2n) is 8.13. The lowest BCUT2D eigenvalue weighted by atomic mass is 10.1. The minimum atomic E-state index is -0.348. The van der Waals surface area contributed by atoms with Crippen molar-refractivity contribution in [2.24, 2.45) is 0 Å². The lowest BCUT2D eigenvalue weighted by molar-refractivity contribution is -0.131. The fraction of sp³-hybridized carbons (Fsp3) is 0.522. The van der Waals surface area contributed by atoms with Gasteiger partial charge < -0.3 is 14.5 Å². The van der Waals surface area contributed by atoms with Crippen LogP contribution >= 0.6 is 0 Å². The van der Waals surface area contributed by atoms with Crippen LogP contribution in [0.2, 0.25) is 0 Å². The van der Waals surface area contributed by atoms with Gasteiger partial charge in [0.2, 0.25) is 5.91 Å². The second-order valence-corrected chi connectivity index (χ2v) is 8.13. The topological polar surface area (TPSA) is 78.5 Å². The monoisotopic (exact) mass is 412 g/mol. The number of esters is 1. The van der Waals surface area contributed by atoms with Gasteiger partial charge in [0.25, 0.3) is 0 Å². The molecule has 1 unspecified atom stereocenters. The number of likely N-dealkylation sites (N-methyl/N-ethyl adjacent to an activating group) is 1. The molecule has 0 aliphatic carbocycles. The van der Waals surface area contributed by atoms with Gasteiger partial charge in [-0.3, -0.25) is 9.89 Å². The number of aryl methyl sites for hydroxylation is 2. The van der Waals surface area contributed by atoms with Gasteiger partial charge in [-0.1, -0.05) is 12.1 Å². The first-order valence-corrected chi connectivity index (χ1v) is 10.5. The Morgan fingerprint density at radius 1 is 1.27 bits per heavy atom. The molecule has 0 saturated carbocycles. The van der Waals surface area contributed by atoms with E-state index in [9.17, 15) is 9.59 Å². The van der Waals surface area contributed by atoms with E-state index in [1.165, 1.54) is 12.7 Å². The van der Waals surface area contributed by atoms with Crippen LogP contribution in [0.3, 0.4) is 0 Å². The summed E-state index contributed by atoms with van der Waals surface area (Å²) in [5.41, 5.74) is 5.05. The van der Waals surface area contributed by atoms with Crippen LogP contribution in [0.25, 0.3) is 0 Å². The fourth-order valence-corrected chi connectivity index (χ4v) is 4.13. The molecule has 162 valence electrons. The molecule has 1 amide bonds. The number of carbonyl (C=O) groups is 2. The maximum atomic E-state index is 12.7. The number of aromatic amines is 1. The average molecular weight is 413 g/mol. The van der Waals surface area contributed by atoms with Crippen molar-refractivity contribution in [3.05, 3.63) is 52.3 Å². The predicted octanol–water partition coefficient (Wildman–Crippen LogP) is 2.87. The molecule has 1 N–H and O–H groups in total. The van der Waals surface area contributed by atoms with E-state index in [1.54, 1.807) is 12.1 Å². The van der Waals surface area contributed by atoms with Gasteiger partial charge in [0.1, 0.15) is 0 Å². The summed E-state index contributed by atoms with van der Waals surface area (Å²) in [5, 5.41) is 7.33. The van der Waals surface area contributed by atoms with E-state index in [0.29, 0.717) is 24.6 Å². The van der Waals surface area contributed by atoms with Crippen LogP contribution in [0.15, 0.2) is 24.3 Å². The highest BCUT2D eigenvalue weighted by Gasteiger charge is 2.25. The van der Waals surface area contributed by atoms with Crippen molar-refractivity contribution in [1.82, 2.24) is 20.0 Å². The second kappa shape index (κ2) is 9.89. The molecular formula is C23H32N4O3. The highest BCUT2D eigenvalue weighted by Crippen LogP contribution is 2.20. The summed E-state index contributed by atoms with van der Waals surface area (Å²) in [4.78, 5) is 28.6. The Hall–Kier alpha value is -2.67. The SMILES string of the molecule is COC(=O)c1ccc(CN2CCC(N(C)CCc3c(C)n[nH]c3C)CCC2=O)cc1. The first-order chi connectivity index (χ1) is 14.4. The van der Waals surface area contributed by atoms with Crippen LogP contribution < -0.4 is 0 Å². The number of carbonyl (C=O) groups excluding carboxylic acids is 2. The van der Waals surface area contributed by atoms with Gasteiger partial charge in [-0.25, -0.2) is 4.79 Å². The van der Waals surface area contributed by atoms with Gasteiger partial charge in [0, 0.05) is 37.8 Å². The number of ether oxygens (including phenoxy) is 1. The van der Waals surface area contributed by atoms with Crippen LogP contribution in [0.5, 0.6) is 0 Å². The fourth-order valence-electron chi connectivity index (χ4n) is 4.13. The smallest absolute Gasteiger partial charge is 0.337 e. The summed E-state index contributed by atoms with van der Waals surface area (Å²) in [7, 11) is 3.53. The Morgan fingerprint density at radius 2 is 2.00 bits per heavy atom. The minimum absolute atomic E-state index is 0.199. The molecule has 1 aromatic carbocycles. The van der Waals surface area contributed by atoms with E-state index in [-0.39, 0.29) is 11.9 Å². The summed E-state index contributed by atoms with van der Waals surface area (Å²) < 4.78 is 4.74. The molecule has 7 heteroatoms. The molecule has 1 aliphatic heterocycles. The van der Waals surface area contributed by atoms with Crippen molar-refractivity contribution < 1.29 is 14.3 Å². The zero-order valence-electron chi connectivity index (χ0n) is 18.4. The van der Waals surface area contributed by atoms with Crippen molar-refractivity contribution in [2.45, 2.75) is 52.1 Å². The molecule has 1 atom stereocenters. The van der Waals surface area contributed by atoms with Gasteiger partial charge in [-0.05, 0) is 63.4 Å². The molecular weight excluding hydrogens is 380 g/mol. The highest BCUT2D eigenvalue weighted by atomic mass is 16.5. The number of nitrogens with zero attached hydrogens (tertiary/aromatic N) is 3. The first-order valence-electron chi connectivity index (χ1n) is 10.5. The van der Waals surface area contributed by atoms with Crippen LogP contribution in [0, 0.1) is 13.8 Å².